The number of aromatic nitrogens is 1. The number of halogens is 2. The highest BCUT2D eigenvalue weighted by Gasteiger charge is 2.28. The first-order valence-corrected chi connectivity index (χ1v) is 15.5. The molecule has 2 aromatic carbocycles. The number of likely N-dealkylation sites (tertiary alicyclic amines) is 1. The van der Waals surface area contributed by atoms with E-state index in [0.29, 0.717) is 63.5 Å². The molecule has 2 amide bonds. The lowest BCUT2D eigenvalue weighted by molar-refractivity contribution is -0.133. The number of nitrogens with zero attached hydrogens (tertiary/aromatic N) is 3. The average molecular weight is 614 g/mol. The molecule has 3 heterocycles. The van der Waals surface area contributed by atoms with Crippen LogP contribution in [-0.4, -0.2) is 81.0 Å². The number of rotatable bonds is 8. The molecule has 3 aromatic rings. The lowest BCUT2D eigenvalue weighted by Gasteiger charge is -2.32. The number of sulfonamides is 1. The van der Waals surface area contributed by atoms with Gasteiger partial charge in [0.05, 0.1) is 31.0 Å². The first-order chi connectivity index (χ1) is 20.6. The summed E-state index contributed by atoms with van der Waals surface area (Å²) in [5.74, 6) is -1.28. The minimum atomic E-state index is -4.23. The van der Waals surface area contributed by atoms with Crippen LogP contribution in [-0.2, 0) is 19.6 Å². The fourth-order valence-corrected chi connectivity index (χ4v) is 6.17. The Bertz CT molecular complexity index is 1590. The summed E-state index contributed by atoms with van der Waals surface area (Å²) >= 11 is 0. The maximum Gasteiger partial charge on any atom is 0.258 e. The number of nitrogens with one attached hydrogen (secondary N) is 2. The van der Waals surface area contributed by atoms with E-state index in [2.05, 4.69) is 15.0 Å². The summed E-state index contributed by atoms with van der Waals surface area (Å²) < 4.78 is 61.0. The second-order valence-electron chi connectivity index (χ2n) is 10.6. The van der Waals surface area contributed by atoms with Gasteiger partial charge in [-0.05, 0) is 67.1 Å². The van der Waals surface area contributed by atoms with Crippen LogP contribution in [0.2, 0.25) is 0 Å². The number of hydrogen-bond donors (Lipinski definition) is 2. The third-order valence-electron chi connectivity index (χ3n) is 7.74. The zero-order valence-electron chi connectivity index (χ0n) is 23.7. The van der Waals surface area contributed by atoms with Gasteiger partial charge in [0.1, 0.15) is 11.6 Å². The van der Waals surface area contributed by atoms with E-state index in [1.807, 2.05) is 0 Å². The second-order valence-corrected chi connectivity index (χ2v) is 12.3. The number of morpholine rings is 1. The number of carbonyl (C=O) groups excluding carboxylic acids is 2. The Balaban J connectivity index is 1.36. The van der Waals surface area contributed by atoms with Gasteiger partial charge in [-0.25, -0.2) is 26.9 Å². The van der Waals surface area contributed by atoms with Gasteiger partial charge in [0.15, 0.2) is 5.03 Å². The number of pyridine rings is 1. The van der Waals surface area contributed by atoms with Crippen LogP contribution in [0.25, 0.3) is 0 Å². The summed E-state index contributed by atoms with van der Waals surface area (Å²) in [5, 5.41) is 2.71. The predicted octanol–water partition coefficient (Wildman–Crippen LogP) is 3.57. The normalized spacial score (nSPS) is 16.3. The largest absolute Gasteiger partial charge is 0.378 e. The zero-order valence-corrected chi connectivity index (χ0v) is 24.5. The van der Waals surface area contributed by atoms with Crippen LogP contribution in [0.1, 0.15) is 40.2 Å². The number of anilines is 2. The lowest BCUT2D eigenvalue weighted by Crippen LogP contribution is -2.45. The van der Waals surface area contributed by atoms with Crippen LogP contribution in [0.3, 0.4) is 0 Å². The number of benzene rings is 2. The Morgan fingerprint density at radius 1 is 0.930 bits per heavy atom. The molecule has 13 heteroatoms. The Morgan fingerprint density at radius 3 is 2.28 bits per heavy atom. The van der Waals surface area contributed by atoms with E-state index < -0.39 is 22.4 Å². The zero-order chi connectivity index (χ0) is 30.6. The molecule has 0 aliphatic carbocycles. The molecular formula is C30H33F2N5O5S. The van der Waals surface area contributed by atoms with E-state index in [0.717, 1.165) is 5.56 Å². The van der Waals surface area contributed by atoms with Crippen LogP contribution >= 0.6 is 0 Å². The molecule has 2 saturated heterocycles. The summed E-state index contributed by atoms with van der Waals surface area (Å²) in [6.45, 7) is 3.65. The molecular weight excluding hydrogens is 580 g/mol. The van der Waals surface area contributed by atoms with Crippen LogP contribution in [0.4, 0.5) is 20.2 Å². The van der Waals surface area contributed by atoms with Gasteiger partial charge >= 0.3 is 0 Å². The fourth-order valence-electron chi connectivity index (χ4n) is 5.25. The van der Waals surface area contributed by atoms with Crippen molar-refractivity contribution in [3.05, 3.63) is 83.1 Å². The highest BCUT2D eigenvalue weighted by Crippen LogP contribution is 2.31. The molecule has 2 aliphatic heterocycles. The van der Waals surface area contributed by atoms with Gasteiger partial charge in [-0.15, -0.1) is 0 Å². The summed E-state index contributed by atoms with van der Waals surface area (Å²) in [6.07, 6.45) is 2.56. The van der Waals surface area contributed by atoms with Crippen molar-refractivity contribution in [2.45, 2.75) is 30.7 Å². The molecule has 43 heavy (non-hydrogen) atoms. The summed E-state index contributed by atoms with van der Waals surface area (Å²) in [7, 11) is -4.23. The highest BCUT2D eigenvalue weighted by molar-refractivity contribution is 7.89. The second kappa shape index (κ2) is 13.1. The van der Waals surface area contributed by atoms with E-state index in [4.69, 9.17) is 4.74 Å². The number of ether oxygens (including phenoxy) is 1. The van der Waals surface area contributed by atoms with Crippen molar-refractivity contribution in [3.63, 3.8) is 0 Å². The summed E-state index contributed by atoms with van der Waals surface area (Å²) in [6, 6.07) is 11.7. The van der Waals surface area contributed by atoms with Crippen LogP contribution in [0.5, 0.6) is 0 Å². The smallest absolute Gasteiger partial charge is 0.258 e. The van der Waals surface area contributed by atoms with Crippen molar-refractivity contribution in [3.8, 4) is 0 Å². The minimum Gasteiger partial charge on any atom is -0.378 e. The van der Waals surface area contributed by atoms with Crippen molar-refractivity contribution < 1.29 is 31.5 Å². The van der Waals surface area contributed by atoms with Gasteiger partial charge in [0.2, 0.25) is 5.91 Å². The molecule has 228 valence electrons. The molecule has 2 N–H and O–H groups in total. The van der Waals surface area contributed by atoms with Crippen molar-refractivity contribution >= 4 is 33.2 Å². The first-order valence-electron chi connectivity index (χ1n) is 14.0. The van der Waals surface area contributed by atoms with Gasteiger partial charge < -0.3 is 19.9 Å². The summed E-state index contributed by atoms with van der Waals surface area (Å²) in [4.78, 5) is 33.5. The van der Waals surface area contributed by atoms with Crippen molar-refractivity contribution in [2.24, 2.45) is 0 Å². The Kier molecular flexibility index (Phi) is 9.33. The predicted molar refractivity (Wildman–Crippen MR) is 156 cm³/mol. The number of aryl methyl sites for hydroxylation is 1. The van der Waals surface area contributed by atoms with E-state index in [1.165, 1.54) is 47.5 Å². The highest BCUT2D eigenvalue weighted by atomic mass is 32.2. The molecule has 5 rings (SSSR count). The molecule has 2 aliphatic rings. The van der Waals surface area contributed by atoms with Crippen LogP contribution in [0, 0.1) is 18.6 Å². The van der Waals surface area contributed by atoms with Crippen molar-refractivity contribution in [2.75, 3.05) is 51.3 Å². The number of piperidine rings is 1. The van der Waals surface area contributed by atoms with Gasteiger partial charge in [-0.3, -0.25) is 9.59 Å². The quantitative estimate of drug-likeness (QED) is 0.399. The van der Waals surface area contributed by atoms with Gasteiger partial charge in [0, 0.05) is 44.1 Å². The topological polar surface area (TPSA) is 121 Å². The third-order valence-corrected chi connectivity index (χ3v) is 9.04. The SMILES string of the molecule is Cc1cc(F)ccc1Nc1cc(S(=O)(=O)NCC(=O)N2CCOCC2)ncc1C(=O)N1CCC(c2ccc(F)cc2)CC1. The van der Waals surface area contributed by atoms with Crippen molar-refractivity contribution in [1.82, 2.24) is 19.5 Å². The molecule has 2 fully saturated rings. The molecule has 10 nitrogen and oxygen atoms in total. The standard InChI is InChI=1S/C30H33F2N5O5S/c1-20-16-24(32)6-7-26(20)35-27-17-28(43(40,41)34-19-29(38)36-12-14-42-15-13-36)33-18-25(27)30(39)37-10-8-22(9-11-37)21-2-4-23(31)5-3-21/h2-7,16-18,22,34H,8-15,19H2,1H3,(H,33,35). The van der Waals surface area contributed by atoms with E-state index in [9.17, 15) is 26.8 Å². The molecule has 1 aromatic heterocycles. The van der Waals surface area contributed by atoms with E-state index >= 15 is 0 Å². The Morgan fingerprint density at radius 2 is 1.60 bits per heavy atom. The Labute approximate surface area is 249 Å². The van der Waals surface area contributed by atoms with Gasteiger partial charge in [-0.1, -0.05) is 12.1 Å². The average Bonchev–Trinajstić information content (AvgIpc) is 3.02. The molecule has 0 saturated carbocycles. The van der Waals surface area contributed by atoms with Gasteiger partial charge in [-0.2, -0.15) is 0 Å². The maximum atomic E-state index is 13.8. The number of amides is 2. The Hall–Kier alpha value is -3.94. The number of carbonyl (C=O) groups is 2. The van der Waals surface area contributed by atoms with Crippen molar-refractivity contribution in [1.29, 1.82) is 0 Å². The first kappa shape index (κ1) is 30.5. The third kappa shape index (κ3) is 7.35. The monoisotopic (exact) mass is 613 g/mol. The van der Waals surface area contributed by atoms with Crippen LogP contribution < -0.4 is 10.0 Å². The van der Waals surface area contributed by atoms with E-state index in [-0.39, 0.29) is 39.8 Å². The fraction of sp³-hybridized carbons (Fsp3) is 0.367. The molecule has 0 radical (unpaired) electrons. The molecule has 0 unspecified atom stereocenters. The molecule has 0 bridgehead atoms. The maximum absolute atomic E-state index is 13.8. The summed E-state index contributed by atoms with van der Waals surface area (Å²) in [5.41, 5.74) is 2.37. The number of hydrogen-bond acceptors (Lipinski definition) is 7. The molecule has 0 spiro atoms. The van der Waals surface area contributed by atoms with E-state index in [1.54, 1.807) is 24.0 Å². The molecule has 0 atom stereocenters. The van der Waals surface area contributed by atoms with Gasteiger partial charge in [0.25, 0.3) is 15.9 Å². The minimum absolute atomic E-state index is 0.146. The van der Waals surface area contributed by atoms with Crippen LogP contribution in [0.15, 0.2) is 59.8 Å². The lowest BCUT2D eigenvalue weighted by atomic mass is 9.89.